The van der Waals surface area contributed by atoms with Gasteiger partial charge in [0.05, 0.1) is 18.8 Å². The maximum absolute atomic E-state index is 6.14. The summed E-state index contributed by atoms with van der Waals surface area (Å²) in [4.78, 5) is 4.52. The standard InChI is InChI=1S/C16H19ClN2O/c1-4-18-16(15-11(2)6-5-9-19-15)13-10-12(17)7-8-14(13)20-3/h5-10,16,18H,4H2,1-3H3. The molecule has 0 bridgehead atoms. The molecule has 1 atom stereocenters. The molecule has 2 rings (SSSR count). The highest BCUT2D eigenvalue weighted by atomic mass is 35.5. The SMILES string of the molecule is CCNC(c1cc(Cl)ccc1OC)c1ncccc1C. The number of pyridine rings is 1. The lowest BCUT2D eigenvalue weighted by atomic mass is 9.99. The third kappa shape index (κ3) is 3.11. The first-order valence-electron chi connectivity index (χ1n) is 6.65. The highest BCUT2D eigenvalue weighted by Crippen LogP contribution is 2.32. The van der Waals surface area contributed by atoms with Crippen molar-refractivity contribution in [2.24, 2.45) is 0 Å². The molecule has 0 saturated carbocycles. The number of nitrogens with one attached hydrogen (secondary N) is 1. The Morgan fingerprint density at radius 2 is 2.15 bits per heavy atom. The molecule has 0 fully saturated rings. The Bertz CT molecular complexity index is 586. The highest BCUT2D eigenvalue weighted by molar-refractivity contribution is 6.30. The predicted octanol–water partition coefficient (Wildman–Crippen LogP) is 3.75. The molecular formula is C16H19ClN2O. The van der Waals surface area contributed by atoms with Crippen LogP contribution in [0.1, 0.15) is 29.8 Å². The summed E-state index contributed by atoms with van der Waals surface area (Å²) in [5.74, 6) is 0.811. The Morgan fingerprint density at radius 3 is 2.80 bits per heavy atom. The van der Waals surface area contributed by atoms with Crippen molar-refractivity contribution in [2.45, 2.75) is 19.9 Å². The first-order chi connectivity index (χ1) is 9.67. The van der Waals surface area contributed by atoms with Crippen LogP contribution in [0.3, 0.4) is 0 Å². The van der Waals surface area contributed by atoms with Crippen molar-refractivity contribution in [1.29, 1.82) is 0 Å². The predicted molar refractivity (Wildman–Crippen MR) is 82.5 cm³/mol. The lowest BCUT2D eigenvalue weighted by Crippen LogP contribution is -2.24. The van der Waals surface area contributed by atoms with E-state index < -0.39 is 0 Å². The smallest absolute Gasteiger partial charge is 0.124 e. The summed E-state index contributed by atoms with van der Waals surface area (Å²) in [5.41, 5.74) is 3.14. The van der Waals surface area contributed by atoms with Gasteiger partial charge in [-0.2, -0.15) is 0 Å². The van der Waals surface area contributed by atoms with Crippen molar-refractivity contribution in [1.82, 2.24) is 10.3 Å². The van der Waals surface area contributed by atoms with Gasteiger partial charge in [0.2, 0.25) is 0 Å². The van der Waals surface area contributed by atoms with Crippen LogP contribution in [0.2, 0.25) is 5.02 Å². The van der Waals surface area contributed by atoms with Gasteiger partial charge in [0, 0.05) is 16.8 Å². The number of rotatable bonds is 5. The maximum atomic E-state index is 6.14. The number of methoxy groups -OCH3 is 1. The van der Waals surface area contributed by atoms with E-state index in [0.29, 0.717) is 5.02 Å². The Balaban J connectivity index is 2.54. The molecule has 0 amide bonds. The second-order valence-corrected chi connectivity index (χ2v) is 5.02. The summed E-state index contributed by atoms with van der Waals surface area (Å²) in [6.07, 6.45) is 1.81. The summed E-state index contributed by atoms with van der Waals surface area (Å²) in [7, 11) is 1.67. The average Bonchev–Trinajstić information content (AvgIpc) is 2.46. The van der Waals surface area contributed by atoms with Gasteiger partial charge in [-0.3, -0.25) is 4.98 Å². The minimum Gasteiger partial charge on any atom is -0.496 e. The van der Waals surface area contributed by atoms with Crippen LogP contribution in [-0.2, 0) is 0 Å². The number of hydrogen-bond acceptors (Lipinski definition) is 3. The Labute approximate surface area is 124 Å². The van der Waals surface area contributed by atoms with E-state index >= 15 is 0 Å². The molecule has 4 heteroatoms. The molecule has 0 spiro atoms. The second-order valence-electron chi connectivity index (χ2n) is 4.58. The van der Waals surface area contributed by atoms with Crippen molar-refractivity contribution in [2.75, 3.05) is 13.7 Å². The van der Waals surface area contributed by atoms with Gasteiger partial charge in [-0.05, 0) is 43.3 Å². The number of aryl methyl sites for hydroxylation is 1. The summed E-state index contributed by atoms with van der Waals surface area (Å²) in [6.45, 7) is 4.96. The van der Waals surface area contributed by atoms with Crippen LogP contribution in [0.25, 0.3) is 0 Å². The van der Waals surface area contributed by atoms with Crippen molar-refractivity contribution >= 4 is 11.6 Å². The third-order valence-electron chi connectivity index (χ3n) is 3.23. The molecule has 2 aromatic rings. The second kappa shape index (κ2) is 6.73. The average molecular weight is 291 g/mol. The molecule has 1 unspecified atom stereocenters. The van der Waals surface area contributed by atoms with Crippen LogP contribution < -0.4 is 10.1 Å². The van der Waals surface area contributed by atoms with Gasteiger partial charge in [-0.25, -0.2) is 0 Å². The number of benzene rings is 1. The zero-order chi connectivity index (χ0) is 14.5. The minimum atomic E-state index is -0.0325. The summed E-state index contributed by atoms with van der Waals surface area (Å²) in [6, 6.07) is 9.62. The lowest BCUT2D eigenvalue weighted by molar-refractivity contribution is 0.403. The lowest BCUT2D eigenvalue weighted by Gasteiger charge is -2.22. The van der Waals surface area contributed by atoms with Crippen LogP contribution in [0, 0.1) is 6.92 Å². The first-order valence-corrected chi connectivity index (χ1v) is 7.03. The van der Waals surface area contributed by atoms with E-state index in [4.69, 9.17) is 16.3 Å². The fraction of sp³-hybridized carbons (Fsp3) is 0.312. The fourth-order valence-electron chi connectivity index (χ4n) is 2.29. The molecule has 3 nitrogen and oxygen atoms in total. The summed E-state index contributed by atoms with van der Waals surface area (Å²) in [5, 5.41) is 4.15. The molecular weight excluding hydrogens is 272 g/mol. The summed E-state index contributed by atoms with van der Waals surface area (Å²) >= 11 is 6.14. The number of hydrogen-bond donors (Lipinski definition) is 1. The van der Waals surface area contributed by atoms with Gasteiger partial charge in [0.1, 0.15) is 5.75 Å². The Kier molecular flexibility index (Phi) is 4.99. The molecule has 0 aliphatic rings. The topological polar surface area (TPSA) is 34.1 Å². The third-order valence-corrected chi connectivity index (χ3v) is 3.47. The number of ether oxygens (including phenoxy) is 1. The molecule has 0 saturated heterocycles. The van der Waals surface area contributed by atoms with Crippen LogP contribution in [0.5, 0.6) is 5.75 Å². The van der Waals surface area contributed by atoms with Gasteiger partial charge in [-0.15, -0.1) is 0 Å². The van der Waals surface area contributed by atoms with E-state index in [9.17, 15) is 0 Å². The molecule has 0 aliphatic carbocycles. The van der Waals surface area contributed by atoms with E-state index in [2.05, 4.69) is 30.2 Å². The quantitative estimate of drug-likeness (QED) is 0.910. The van der Waals surface area contributed by atoms with Crippen molar-refractivity contribution < 1.29 is 4.74 Å². The summed E-state index contributed by atoms with van der Waals surface area (Å²) < 4.78 is 5.46. The Morgan fingerprint density at radius 1 is 1.35 bits per heavy atom. The van der Waals surface area contributed by atoms with Crippen molar-refractivity contribution in [3.05, 3.63) is 58.4 Å². The van der Waals surface area contributed by atoms with E-state index in [0.717, 1.165) is 29.1 Å². The van der Waals surface area contributed by atoms with Crippen LogP contribution in [0.15, 0.2) is 36.5 Å². The van der Waals surface area contributed by atoms with E-state index in [1.807, 2.05) is 30.5 Å². The number of nitrogens with zero attached hydrogens (tertiary/aromatic N) is 1. The maximum Gasteiger partial charge on any atom is 0.124 e. The molecule has 1 aromatic heterocycles. The molecule has 106 valence electrons. The molecule has 1 aromatic carbocycles. The molecule has 0 radical (unpaired) electrons. The van der Waals surface area contributed by atoms with Gasteiger partial charge in [0.25, 0.3) is 0 Å². The fourth-order valence-corrected chi connectivity index (χ4v) is 2.47. The van der Waals surface area contributed by atoms with Gasteiger partial charge in [0.15, 0.2) is 0 Å². The van der Waals surface area contributed by atoms with Gasteiger partial charge in [-0.1, -0.05) is 24.6 Å². The highest BCUT2D eigenvalue weighted by Gasteiger charge is 2.20. The number of aromatic nitrogens is 1. The number of halogens is 1. The van der Waals surface area contributed by atoms with E-state index in [1.54, 1.807) is 7.11 Å². The van der Waals surface area contributed by atoms with E-state index in [1.165, 1.54) is 0 Å². The molecule has 1 N–H and O–H groups in total. The van der Waals surface area contributed by atoms with Crippen molar-refractivity contribution in [3.63, 3.8) is 0 Å². The molecule has 0 aliphatic heterocycles. The minimum absolute atomic E-state index is 0.0325. The molecule has 20 heavy (non-hydrogen) atoms. The monoisotopic (exact) mass is 290 g/mol. The first kappa shape index (κ1) is 14.8. The Hall–Kier alpha value is -1.58. The normalized spacial score (nSPS) is 12.2. The zero-order valence-corrected chi connectivity index (χ0v) is 12.7. The van der Waals surface area contributed by atoms with Crippen LogP contribution in [-0.4, -0.2) is 18.6 Å². The van der Waals surface area contributed by atoms with Crippen molar-refractivity contribution in [3.8, 4) is 5.75 Å². The molecule has 1 heterocycles. The zero-order valence-electron chi connectivity index (χ0n) is 12.0. The van der Waals surface area contributed by atoms with Gasteiger partial charge < -0.3 is 10.1 Å². The van der Waals surface area contributed by atoms with Crippen LogP contribution >= 0.6 is 11.6 Å². The van der Waals surface area contributed by atoms with E-state index in [-0.39, 0.29) is 6.04 Å². The van der Waals surface area contributed by atoms with Crippen LogP contribution in [0.4, 0.5) is 0 Å². The van der Waals surface area contributed by atoms with Gasteiger partial charge >= 0.3 is 0 Å². The largest absolute Gasteiger partial charge is 0.496 e.